The average Bonchev–Trinajstić information content (AvgIpc) is 3.05. The predicted molar refractivity (Wildman–Crippen MR) is 71.1 cm³/mol. The third-order valence-corrected chi connectivity index (χ3v) is 4.92. The Bertz CT molecular complexity index is 347. The number of hydrogen-bond donors (Lipinski definition) is 1. The van der Waals surface area contributed by atoms with Gasteiger partial charge in [0.2, 0.25) is 0 Å². The van der Waals surface area contributed by atoms with Crippen molar-refractivity contribution in [3.05, 3.63) is 22.4 Å². The van der Waals surface area contributed by atoms with E-state index in [-0.39, 0.29) is 6.10 Å². The Balaban J connectivity index is 1.70. The number of nitrogens with zero attached hydrogens (tertiary/aromatic N) is 1. The summed E-state index contributed by atoms with van der Waals surface area (Å²) >= 11 is 1.84. The normalized spacial score (nSPS) is 29.8. The van der Waals surface area contributed by atoms with Gasteiger partial charge in [0.15, 0.2) is 0 Å². The largest absolute Gasteiger partial charge is 0.391 e. The number of aliphatic hydroxyl groups excluding tert-OH is 1. The second-order valence-corrected chi connectivity index (χ2v) is 6.43. The van der Waals surface area contributed by atoms with Crippen molar-refractivity contribution in [3.63, 3.8) is 0 Å². The van der Waals surface area contributed by atoms with Gasteiger partial charge in [-0.05, 0) is 37.1 Å². The number of aliphatic hydroxyl groups is 1. The fourth-order valence-electron chi connectivity index (χ4n) is 2.98. The Morgan fingerprint density at radius 3 is 2.71 bits per heavy atom. The lowest BCUT2D eigenvalue weighted by atomic mass is 9.91. The molecule has 2 atom stereocenters. The second-order valence-electron chi connectivity index (χ2n) is 5.40. The molecule has 1 N–H and O–H groups in total. The van der Waals surface area contributed by atoms with Gasteiger partial charge < -0.3 is 5.11 Å². The van der Waals surface area contributed by atoms with E-state index in [0.29, 0.717) is 6.04 Å². The zero-order valence-corrected chi connectivity index (χ0v) is 11.0. The predicted octanol–water partition coefficient (Wildman–Crippen LogP) is 3.02. The molecule has 0 spiro atoms. The Morgan fingerprint density at radius 1 is 1.24 bits per heavy atom. The molecule has 94 valence electrons. The van der Waals surface area contributed by atoms with Gasteiger partial charge in [-0.25, -0.2) is 0 Å². The molecule has 1 heterocycles. The molecule has 0 aromatic carbocycles. The summed E-state index contributed by atoms with van der Waals surface area (Å²) in [5.74, 6) is 0. The molecule has 2 nitrogen and oxygen atoms in total. The Morgan fingerprint density at radius 2 is 2.06 bits per heavy atom. The molecule has 2 aliphatic rings. The first-order chi connectivity index (χ1) is 8.34. The van der Waals surface area contributed by atoms with Crippen molar-refractivity contribution in [2.24, 2.45) is 0 Å². The first kappa shape index (κ1) is 11.7. The fraction of sp³-hybridized carbons (Fsp3) is 0.714. The van der Waals surface area contributed by atoms with Crippen molar-refractivity contribution in [2.75, 3.05) is 0 Å². The van der Waals surface area contributed by atoms with Crippen LogP contribution < -0.4 is 0 Å². The highest BCUT2D eigenvalue weighted by Gasteiger charge is 2.37. The maximum absolute atomic E-state index is 10.2. The quantitative estimate of drug-likeness (QED) is 0.889. The SMILES string of the molecule is OC1CCCCC1N(Cc1cccs1)C1CC1. The lowest BCUT2D eigenvalue weighted by molar-refractivity contribution is 0.0117. The average molecular weight is 251 g/mol. The number of thiophene rings is 1. The molecule has 17 heavy (non-hydrogen) atoms. The molecule has 0 saturated heterocycles. The van der Waals surface area contributed by atoms with Gasteiger partial charge in [-0.1, -0.05) is 18.9 Å². The highest BCUT2D eigenvalue weighted by Crippen LogP contribution is 2.35. The van der Waals surface area contributed by atoms with Crippen LogP contribution in [0.25, 0.3) is 0 Å². The standard InChI is InChI=1S/C14H21NOS/c16-14-6-2-1-5-13(14)15(11-7-8-11)10-12-4-3-9-17-12/h3-4,9,11,13-14,16H,1-2,5-8,10H2. The van der Waals surface area contributed by atoms with Gasteiger partial charge in [-0.15, -0.1) is 11.3 Å². The summed E-state index contributed by atoms with van der Waals surface area (Å²) in [4.78, 5) is 4.02. The van der Waals surface area contributed by atoms with Crippen LogP contribution in [-0.4, -0.2) is 28.2 Å². The minimum Gasteiger partial charge on any atom is -0.391 e. The van der Waals surface area contributed by atoms with Crippen LogP contribution in [0.3, 0.4) is 0 Å². The van der Waals surface area contributed by atoms with Gasteiger partial charge in [-0.2, -0.15) is 0 Å². The fourth-order valence-corrected chi connectivity index (χ4v) is 3.70. The minimum atomic E-state index is -0.0932. The van der Waals surface area contributed by atoms with Crippen molar-refractivity contribution in [3.8, 4) is 0 Å². The molecule has 1 aromatic heterocycles. The third kappa shape index (κ3) is 2.72. The number of hydrogen-bond acceptors (Lipinski definition) is 3. The van der Waals surface area contributed by atoms with E-state index < -0.39 is 0 Å². The van der Waals surface area contributed by atoms with Crippen LogP contribution in [0.1, 0.15) is 43.4 Å². The summed E-state index contributed by atoms with van der Waals surface area (Å²) in [6.07, 6.45) is 7.24. The maximum atomic E-state index is 10.2. The summed E-state index contributed by atoms with van der Waals surface area (Å²) in [7, 11) is 0. The second kappa shape index (κ2) is 5.09. The molecule has 0 amide bonds. The van der Waals surface area contributed by atoms with E-state index in [2.05, 4.69) is 22.4 Å². The van der Waals surface area contributed by atoms with E-state index in [1.807, 2.05) is 11.3 Å². The van der Waals surface area contributed by atoms with E-state index >= 15 is 0 Å². The molecule has 2 saturated carbocycles. The van der Waals surface area contributed by atoms with Crippen LogP contribution in [-0.2, 0) is 6.54 Å². The van der Waals surface area contributed by atoms with Crippen LogP contribution in [0.2, 0.25) is 0 Å². The van der Waals surface area contributed by atoms with Crippen LogP contribution in [0.5, 0.6) is 0 Å². The van der Waals surface area contributed by atoms with Crippen molar-refractivity contribution in [2.45, 2.75) is 63.3 Å². The van der Waals surface area contributed by atoms with E-state index in [1.54, 1.807) is 0 Å². The monoisotopic (exact) mass is 251 g/mol. The van der Waals surface area contributed by atoms with Crippen LogP contribution in [0.4, 0.5) is 0 Å². The smallest absolute Gasteiger partial charge is 0.0695 e. The van der Waals surface area contributed by atoms with Gasteiger partial charge in [0.25, 0.3) is 0 Å². The third-order valence-electron chi connectivity index (χ3n) is 4.05. The van der Waals surface area contributed by atoms with Gasteiger partial charge >= 0.3 is 0 Å². The van der Waals surface area contributed by atoms with E-state index in [0.717, 1.165) is 19.0 Å². The van der Waals surface area contributed by atoms with Crippen molar-refractivity contribution in [1.29, 1.82) is 0 Å². The topological polar surface area (TPSA) is 23.5 Å². The number of rotatable bonds is 4. The van der Waals surface area contributed by atoms with Crippen LogP contribution >= 0.6 is 11.3 Å². The minimum absolute atomic E-state index is 0.0932. The van der Waals surface area contributed by atoms with Gasteiger partial charge in [0, 0.05) is 23.5 Å². The zero-order chi connectivity index (χ0) is 11.7. The molecule has 3 heteroatoms. The summed E-state index contributed by atoms with van der Waals surface area (Å²) < 4.78 is 0. The lowest BCUT2D eigenvalue weighted by Gasteiger charge is -2.37. The first-order valence-electron chi connectivity index (χ1n) is 6.81. The molecule has 2 aliphatic carbocycles. The summed E-state index contributed by atoms with van der Waals surface area (Å²) in [5.41, 5.74) is 0. The molecule has 2 unspecified atom stereocenters. The summed E-state index contributed by atoms with van der Waals surface area (Å²) in [6.45, 7) is 1.05. The molecule has 3 rings (SSSR count). The molecule has 1 aromatic rings. The van der Waals surface area contributed by atoms with Crippen molar-refractivity contribution >= 4 is 11.3 Å². The lowest BCUT2D eigenvalue weighted by Crippen LogP contribution is -2.46. The molecule has 2 fully saturated rings. The van der Waals surface area contributed by atoms with Crippen molar-refractivity contribution < 1.29 is 5.11 Å². The van der Waals surface area contributed by atoms with E-state index in [9.17, 15) is 5.11 Å². The Hall–Kier alpha value is -0.380. The zero-order valence-electron chi connectivity index (χ0n) is 10.2. The van der Waals surface area contributed by atoms with Crippen LogP contribution in [0, 0.1) is 0 Å². The van der Waals surface area contributed by atoms with E-state index in [1.165, 1.54) is 37.0 Å². The van der Waals surface area contributed by atoms with Crippen molar-refractivity contribution in [1.82, 2.24) is 4.90 Å². The Labute approximate surface area is 107 Å². The molecule has 0 radical (unpaired) electrons. The maximum Gasteiger partial charge on any atom is 0.0695 e. The van der Waals surface area contributed by atoms with Gasteiger partial charge in [0.1, 0.15) is 0 Å². The Kier molecular flexibility index (Phi) is 3.50. The highest BCUT2D eigenvalue weighted by molar-refractivity contribution is 7.09. The summed E-state index contributed by atoms with van der Waals surface area (Å²) in [5, 5.41) is 12.4. The summed E-state index contributed by atoms with van der Waals surface area (Å²) in [6, 6.07) is 5.51. The molecule has 0 aliphatic heterocycles. The van der Waals surface area contributed by atoms with Gasteiger partial charge in [-0.3, -0.25) is 4.90 Å². The molecule has 0 bridgehead atoms. The molecular formula is C14H21NOS. The van der Waals surface area contributed by atoms with Gasteiger partial charge in [0.05, 0.1) is 6.10 Å². The molecular weight excluding hydrogens is 230 g/mol. The van der Waals surface area contributed by atoms with E-state index in [4.69, 9.17) is 0 Å². The first-order valence-corrected chi connectivity index (χ1v) is 7.69. The highest BCUT2D eigenvalue weighted by atomic mass is 32.1. The van der Waals surface area contributed by atoms with Crippen LogP contribution in [0.15, 0.2) is 17.5 Å².